The molecule has 0 spiro atoms. The van der Waals surface area contributed by atoms with Gasteiger partial charge in [0.1, 0.15) is 5.75 Å². The normalized spacial score (nSPS) is 13.6. The van der Waals surface area contributed by atoms with E-state index in [1.54, 1.807) is 0 Å². The molecule has 0 saturated heterocycles. The highest BCUT2D eigenvalue weighted by atomic mass is 16.7. The summed E-state index contributed by atoms with van der Waals surface area (Å²) in [5.41, 5.74) is 17.3. The summed E-state index contributed by atoms with van der Waals surface area (Å²) < 4.78 is 13.3. The average molecular weight is 690 g/mol. The summed E-state index contributed by atoms with van der Waals surface area (Å²) in [6.45, 7) is 6.73. The Hall–Kier alpha value is -6.43. The maximum Gasteiger partial charge on any atom is 0.227 e. The second-order valence-electron chi connectivity index (χ2n) is 13.6. The van der Waals surface area contributed by atoms with Crippen molar-refractivity contribution in [3.8, 4) is 50.3 Å². The van der Waals surface area contributed by atoms with E-state index in [1.807, 2.05) is 19.1 Å². The Labute approximate surface area is 309 Å². The molecule has 9 rings (SSSR count). The number of aromatic nitrogens is 3. The maximum absolute atomic E-state index is 6.86. The van der Waals surface area contributed by atoms with Crippen LogP contribution < -0.4 is 4.74 Å². The van der Waals surface area contributed by atoms with Gasteiger partial charge in [0.2, 0.25) is 6.29 Å². The standard InChI is InChI=1S/C48H39N3O2/c1-4-52-48-36-29-43(53-48)47(33-13-9-6-10-14-33)42-28-27-41(51-42)46(35-21-17-31(3)18-22-35)40-26-25-39(50-40)45(34-19-15-30(2)16-20-34)38-24-23-37(49-38)44(36)32-11-7-5-8-12-32/h5-29,48-49,51H,4H2,1-3H3. The van der Waals surface area contributed by atoms with Gasteiger partial charge in [-0.3, -0.25) is 0 Å². The lowest BCUT2D eigenvalue weighted by molar-refractivity contribution is -0.0697. The molecule has 8 bridgehead atoms. The van der Waals surface area contributed by atoms with Gasteiger partial charge >= 0.3 is 0 Å². The Morgan fingerprint density at radius 2 is 0.962 bits per heavy atom. The first-order valence-corrected chi connectivity index (χ1v) is 18.2. The molecule has 258 valence electrons. The lowest BCUT2D eigenvalue weighted by Gasteiger charge is -2.16. The van der Waals surface area contributed by atoms with Gasteiger partial charge in [0, 0.05) is 51.0 Å². The van der Waals surface area contributed by atoms with Gasteiger partial charge in [0.05, 0.1) is 16.9 Å². The molecule has 0 aliphatic carbocycles. The first-order valence-electron chi connectivity index (χ1n) is 18.2. The fraction of sp³-hybridized carbons (Fsp3) is 0.104. The van der Waals surface area contributed by atoms with Gasteiger partial charge in [-0.05, 0) is 85.5 Å². The van der Waals surface area contributed by atoms with Crippen LogP contribution in [0.4, 0.5) is 0 Å². The summed E-state index contributed by atoms with van der Waals surface area (Å²) in [5.74, 6) is 0.739. The number of nitrogens with one attached hydrogen (secondary N) is 2. The third-order valence-electron chi connectivity index (χ3n) is 10.0. The number of aryl methyl sites for hydroxylation is 2. The van der Waals surface area contributed by atoms with Gasteiger partial charge in [-0.15, -0.1) is 0 Å². The maximum atomic E-state index is 6.86. The molecule has 0 fully saturated rings. The zero-order valence-corrected chi connectivity index (χ0v) is 30.0. The average Bonchev–Trinajstić information content (AvgIpc) is 4.02. The molecule has 5 heteroatoms. The van der Waals surface area contributed by atoms with Crippen molar-refractivity contribution in [2.45, 2.75) is 27.1 Å². The number of H-pyrrole nitrogens is 2. The summed E-state index contributed by atoms with van der Waals surface area (Å²) in [4.78, 5) is 13.1. The number of rotatable bonds is 6. The number of nitrogens with zero attached hydrogens (tertiary/aromatic N) is 1. The molecular formula is C48H39N3O2. The van der Waals surface area contributed by atoms with Crippen molar-refractivity contribution >= 4 is 34.2 Å². The third kappa shape index (κ3) is 6.05. The summed E-state index contributed by atoms with van der Waals surface area (Å²) in [5, 5.41) is 0. The molecule has 1 unspecified atom stereocenters. The predicted octanol–water partition coefficient (Wildman–Crippen LogP) is 12.5. The molecule has 0 amide bonds. The molecule has 0 radical (unpaired) electrons. The zero-order valence-electron chi connectivity index (χ0n) is 30.0. The molecule has 4 aromatic carbocycles. The van der Waals surface area contributed by atoms with Gasteiger partial charge in [0.25, 0.3) is 0 Å². The summed E-state index contributed by atoms with van der Waals surface area (Å²) in [7, 11) is 0. The van der Waals surface area contributed by atoms with Gasteiger partial charge in [-0.2, -0.15) is 0 Å². The molecule has 1 atom stereocenters. The number of ether oxygens (including phenoxy) is 2. The highest BCUT2D eigenvalue weighted by Crippen LogP contribution is 2.45. The Balaban J connectivity index is 1.49. The van der Waals surface area contributed by atoms with Crippen molar-refractivity contribution in [1.29, 1.82) is 0 Å². The van der Waals surface area contributed by atoms with E-state index >= 15 is 0 Å². The molecule has 2 N–H and O–H groups in total. The van der Waals surface area contributed by atoms with E-state index in [0.717, 1.165) is 89.3 Å². The first kappa shape index (κ1) is 32.5. The minimum Gasteiger partial charge on any atom is -0.460 e. The van der Waals surface area contributed by atoms with Crippen LogP contribution in [0.5, 0.6) is 5.75 Å². The summed E-state index contributed by atoms with van der Waals surface area (Å²) in [6.07, 6.45) is 3.67. The summed E-state index contributed by atoms with van der Waals surface area (Å²) in [6, 6.07) is 49.1. The monoisotopic (exact) mass is 689 g/mol. The lowest BCUT2D eigenvalue weighted by Crippen LogP contribution is -2.08. The number of hydrogen-bond donors (Lipinski definition) is 2. The van der Waals surface area contributed by atoms with Crippen molar-refractivity contribution in [1.82, 2.24) is 15.0 Å². The van der Waals surface area contributed by atoms with E-state index in [0.29, 0.717) is 6.61 Å². The largest absolute Gasteiger partial charge is 0.460 e. The quantitative estimate of drug-likeness (QED) is 0.183. The van der Waals surface area contributed by atoms with Crippen molar-refractivity contribution in [3.05, 3.63) is 168 Å². The highest BCUT2D eigenvalue weighted by molar-refractivity contribution is 5.98. The van der Waals surface area contributed by atoms with Gasteiger partial charge in [0.15, 0.2) is 0 Å². The molecule has 5 nitrogen and oxygen atoms in total. The van der Waals surface area contributed by atoms with Crippen LogP contribution in [0.25, 0.3) is 78.7 Å². The molecular weight excluding hydrogens is 651 g/mol. The van der Waals surface area contributed by atoms with Crippen LogP contribution in [0.3, 0.4) is 0 Å². The first-order chi connectivity index (χ1) is 26.0. The third-order valence-corrected chi connectivity index (χ3v) is 10.0. The van der Waals surface area contributed by atoms with Crippen LogP contribution in [0, 0.1) is 13.8 Å². The van der Waals surface area contributed by atoms with E-state index in [-0.39, 0.29) is 0 Å². The van der Waals surface area contributed by atoms with Crippen LogP contribution in [-0.2, 0) is 4.74 Å². The van der Waals surface area contributed by atoms with E-state index < -0.39 is 6.29 Å². The lowest BCUT2D eigenvalue weighted by atomic mass is 10.00. The summed E-state index contributed by atoms with van der Waals surface area (Å²) >= 11 is 0. The van der Waals surface area contributed by atoms with Crippen LogP contribution in [-0.4, -0.2) is 21.6 Å². The Morgan fingerprint density at radius 1 is 0.528 bits per heavy atom. The molecule has 2 aliphatic heterocycles. The molecule has 5 heterocycles. The van der Waals surface area contributed by atoms with Crippen LogP contribution in [0.1, 0.15) is 41.3 Å². The molecule has 7 aromatic rings. The minimum absolute atomic E-state index is 0.492. The number of benzene rings is 4. The van der Waals surface area contributed by atoms with Crippen molar-refractivity contribution in [2.75, 3.05) is 6.61 Å². The van der Waals surface area contributed by atoms with E-state index in [1.165, 1.54) is 11.1 Å². The van der Waals surface area contributed by atoms with E-state index in [9.17, 15) is 0 Å². The van der Waals surface area contributed by atoms with Gasteiger partial charge in [-0.1, -0.05) is 120 Å². The topological polar surface area (TPSA) is 62.9 Å². The number of hydrogen-bond acceptors (Lipinski definition) is 3. The fourth-order valence-corrected chi connectivity index (χ4v) is 7.47. The van der Waals surface area contributed by atoms with Crippen molar-refractivity contribution in [3.63, 3.8) is 0 Å². The number of aromatic amines is 2. The zero-order chi connectivity index (χ0) is 35.9. The van der Waals surface area contributed by atoms with E-state index in [2.05, 4.69) is 163 Å². The van der Waals surface area contributed by atoms with Crippen LogP contribution in [0.15, 0.2) is 140 Å². The van der Waals surface area contributed by atoms with Crippen molar-refractivity contribution in [2.24, 2.45) is 0 Å². The highest BCUT2D eigenvalue weighted by Gasteiger charge is 2.28. The fourth-order valence-electron chi connectivity index (χ4n) is 7.47. The number of fused-ring (bicyclic) bond motifs is 8. The Kier molecular flexibility index (Phi) is 8.34. The Bertz CT molecular complexity index is 2650. The second kappa shape index (κ2) is 13.6. The minimum atomic E-state index is -0.616. The molecule has 3 aromatic heterocycles. The molecule has 0 saturated carbocycles. The van der Waals surface area contributed by atoms with Gasteiger partial charge in [-0.25, -0.2) is 4.98 Å². The van der Waals surface area contributed by atoms with Crippen LogP contribution >= 0.6 is 0 Å². The van der Waals surface area contributed by atoms with E-state index in [4.69, 9.17) is 14.5 Å². The van der Waals surface area contributed by atoms with Gasteiger partial charge < -0.3 is 19.4 Å². The second-order valence-corrected chi connectivity index (χ2v) is 13.6. The SMILES string of the molecule is CCOC1Oc2cc1c(-c1ccccc1)c1ccc([nH]1)c(-c1ccc(C)cc1)c1nc(c(-c3ccc(C)cc3)c3ccc([nH]3)c2-c2ccccc2)C=C1. The Morgan fingerprint density at radius 3 is 1.45 bits per heavy atom. The molecule has 53 heavy (non-hydrogen) atoms. The van der Waals surface area contributed by atoms with Crippen LogP contribution in [0.2, 0.25) is 0 Å². The molecule has 2 aliphatic rings. The smallest absolute Gasteiger partial charge is 0.227 e. The predicted molar refractivity (Wildman–Crippen MR) is 218 cm³/mol. The van der Waals surface area contributed by atoms with Crippen molar-refractivity contribution < 1.29 is 9.47 Å².